The van der Waals surface area contributed by atoms with E-state index >= 15 is 0 Å². The highest BCUT2D eigenvalue weighted by Gasteiger charge is 2.41. The van der Waals surface area contributed by atoms with E-state index in [9.17, 15) is 5.26 Å². The van der Waals surface area contributed by atoms with Crippen LogP contribution in [0, 0.1) is 18.3 Å². The van der Waals surface area contributed by atoms with Crippen molar-refractivity contribution < 1.29 is 4.74 Å². The molecule has 0 bridgehead atoms. The van der Waals surface area contributed by atoms with E-state index in [0.717, 1.165) is 24.9 Å². The highest BCUT2D eigenvalue weighted by Crippen LogP contribution is 2.45. The van der Waals surface area contributed by atoms with Crippen molar-refractivity contribution >= 4 is 0 Å². The maximum Gasteiger partial charge on any atom is 0.119 e. The fourth-order valence-corrected chi connectivity index (χ4v) is 3.79. The number of rotatable bonds is 5. The first kappa shape index (κ1) is 16.6. The molecular formula is C22H21N3O. The second-order valence-corrected chi connectivity index (χ2v) is 6.84. The summed E-state index contributed by atoms with van der Waals surface area (Å²) in [5, 5.41) is 13.5. The molecule has 0 saturated heterocycles. The Bertz CT molecular complexity index is 939. The molecule has 3 aromatic rings. The fraction of sp³-hybridized carbons (Fsp3) is 0.273. The first-order valence-electron chi connectivity index (χ1n) is 8.93. The van der Waals surface area contributed by atoms with Crippen molar-refractivity contribution in [3.63, 3.8) is 0 Å². The molecule has 26 heavy (non-hydrogen) atoms. The number of fused-ring (bicyclic) bond motifs is 1. The number of aryl methyl sites for hydroxylation is 2. The van der Waals surface area contributed by atoms with Gasteiger partial charge in [0.15, 0.2) is 0 Å². The highest BCUT2D eigenvalue weighted by molar-refractivity contribution is 5.48. The van der Waals surface area contributed by atoms with Gasteiger partial charge in [-0.05, 0) is 54.7 Å². The van der Waals surface area contributed by atoms with Gasteiger partial charge in [0.2, 0.25) is 0 Å². The van der Waals surface area contributed by atoms with Crippen LogP contribution in [-0.4, -0.2) is 9.78 Å². The largest absolute Gasteiger partial charge is 0.361 e. The predicted molar refractivity (Wildman–Crippen MR) is 99.4 cm³/mol. The summed E-state index contributed by atoms with van der Waals surface area (Å²) in [5.74, 6) is 0. The Kier molecular flexibility index (Phi) is 4.32. The third-order valence-electron chi connectivity index (χ3n) is 5.14. The van der Waals surface area contributed by atoms with Crippen molar-refractivity contribution in [2.75, 3.05) is 0 Å². The summed E-state index contributed by atoms with van der Waals surface area (Å²) >= 11 is 0. The van der Waals surface area contributed by atoms with E-state index in [1.807, 2.05) is 29.1 Å². The minimum Gasteiger partial charge on any atom is -0.361 e. The van der Waals surface area contributed by atoms with Crippen LogP contribution in [0.15, 0.2) is 60.9 Å². The number of hydrogen-bond donors (Lipinski definition) is 0. The molecule has 1 unspecified atom stereocenters. The zero-order valence-corrected chi connectivity index (χ0v) is 14.9. The SMILES string of the molecule is Cc1ccc(C2(CCCn3cccn3)OCc3cc(C#N)ccc32)cc1. The van der Waals surface area contributed by atoms with Crippen molar-refractivity contribution in [3.05, 3.63) is 88.7 Å². The Labute approximate surface area is 153 Å². The standard InChI is InChI=1S/C22H21N3O/c1-17-4-7-20(8-5-17)22(10-2-12-25-13-3-11-24-25)21-9-6-18(15-23)14-19(21)16-26-22/h3-9,11,13-14H,2,10,12,16H2,1H3. The van der Waals surface area contributed by atoms with Gasteiger partial charge in [0, 0.05) is 18.9 Å². The van der Waals surface area contributed by atoms with E-state index in [2.05, 4.69) is 48.4 Å². The van der Waals surface area contributed by atoms with Gasteiger partial charge in [-0.15, -0.1) is 0 Å². The summed E-state index contributed by atoms with van der Waals surface area (Å²) in [5.41, 5.74) is 4.93. The molecule has 0 saturated carbocycles. The Morgan fingerprint density at radius 3 is 2.81 bits per heavy atom. The van der Waals surface area contributed by atoms with Crippen LogP contribution in [0.1, 0.15) is 40.7 Å². The lowest BCUT2D eigenvalue weighted by Gasteiger charge is -2.31. The maximum absolute atomic E-state index is 9.19. The van der Waals surface area contributed by atoms with Gasteiger partial charge in [0.25, 0.3) is 0 Å². The molecule has 0 amide bonds. The molecule has 1 aliphatic rings. The van der Waals surface area contributed by atoms with Gasteiger partial charge in [-0.25, -0.2) is 0 Å². The normalized spacial score (nSPS) is 18.5. The van der Waals surface area contributed by atoms with Gasteiger partial charge in [0.05, 0.1) is 18.2 Å². The lowest BCUT2D eigenvalue weighted by molar-refractivity contribution is -0.0138. The van der Waals surface area contributed by atoms with Crippen molar-refractivity contribution in [2.45, 2.75) is 38.5 Å². The molecule has 0 radical (unpaired) electrons. The minimum absolute atomic E-state index is 0.454. The molecule has 130 valence electrons. The zero-order valence-electron chi connectivity index (χ0n) is 14.9. The molecule has 0 N–H and O–H groups in total. The van der Waals surface area contributed by atoms with Crippen LogP contribution in [0.5, 0.6) is 0 Å². The highest BCUT2D eigenvalue weighted by atomic mass is 16.5. The molecule has 1 atom stereocenters. The van der Waals surface area contributed by atoms with Crippen molar-refractivity contribution in [1.82, 2.24) is 9.78 Å². The van der Waals surface area contributed by atoms with Crippen LogP contribution < -0.4 is 0 Å². The second-order valence-electron chi connectivity index (χ2n) is 6.84. The van der Waals surface area contributed by atoms with Crippen LogP contribution >= 0.6 is 0 Å². The van der Waals surface area contributed by atoms with Crippen LogP contribution in [-0.2, 0) is 23.5 Å². The summed E-state index contributed by atoms with van der Waals surface area (Å²) in [7, 11) is 0. The van der Waals surface area contributed by atoms with E-state index in [1.54, 1.807) is 6.20 Å². The Balaban J connectivity index is 1.69. The Morgan fingerprint density at radius 2 is 2.08 bits per heavy atom. The molecule has 4 rings (SSSR count). The lowest BCUT2D eigenvalue weighted by atomic mass is 9.81. The number of hydrogen-bond acceptors (Lipinski definition) is 3. The van der Waals surface area contributed by atoms with Crippen molar-refractivity contribution in [1.29, 1.82) is 5.26 Å². The van der Waals surface area contributed by atoms with Crippen molar-refractivity contribution in [3.8, 4) is 6.07 Å². The van der Waals surface area contributed by atoms with Gasteiger partial charge in [-0.3, -0.25) is 4.68 Å². The summed E-state index contributed by atoms with van der Waals surface area (Å²) in [6.45, 7) is 3.49. The predicted octanol–water partition coefficient (Wildman–Crippen LogP) is 4.32. The summed E-state index contributed by atoms with van der Waals surface area (Å²) in [4.78, 5) is 0. The molecule has 0 aliphatic carbocycles. The van der Waals surface area contributed by atoms with Crippen LogP contribution in [0.4, 0.5) is 0 Å². The monoisotopic (exact) mass is 343 g/mol. The van der Waals surface area contributed by atoms with E-state index in [0.29, 0.717) is 12.2 Å². The third kappa shape index (κ3) is 2.91. The first-order valence-corrected chi connectivity index (χ1v) is 8.93. The second kappa shape index (κ2) is 6.78. The van der Waals surface area contributed by atoms with Gasteiger partial charge >= 0.3 is 0 Å². The smallest absolute Gasteiger partial charge is 0.119 e. The average molecular weight is 343 g/mol. The van der Waals surface area contributed by atoms with Crippen LogP contribution in [0.3, 0.4) is 0 Å². The lowest BCUT2D eigenvalue weighted by Crippen LogP contribution is -2.27. The molecule has 2 heterocycles. The Hall–Kier alpha value is -2.90. The average Bonchev–Trinajstić information content (AvgIpc) is 3.31. The summed E-state index contributed by atoms with van der Waals surface area (Å²) in [6, 6.07) is 18.7. The van der Waals surface area contributed by atoms with E-state index in [-0.39, 0.29) is 0 Å². The van der Waals surface area contributed by atoms with E-state index < -0.39 is 5.60 Å². The van der Waals surface area contributed by atoms with E-state index in [4.69, 9.17) is 4.74 Å². The quantitative estimate of drug-likeness (QED) is 0.693. The zero-order chi connectivity index (χ0) is 18.0. The topological polar surface area (TPSA) is 50.8 Å². The van der Waals surface area contributed by atoms with Gasteiger partial charge in [0.1, 0.15) is 5.60 Å². The van der Waals surface area contributed by atoms with Gasteiger partial charge < -0.3 is 4.74 Å². The molecule has 0 fully saturated rings. The number of aromatic nitrogens is 2. The molecule has 2 aromatic carbocycles. The van der Waals surface area contributed by atoms with Gasteiger partial charge in [-0.2, -0.15) is 10.4 Å². The minimum atomic E-state index is -0.454. The number of benzene rings is 2. The molecule has 0 spiro atoms. The first-order chi connectivity index (χ1) is 12.7. The van der Waals surface area contributed by atoms with Gasteiger partial charge in [-0.1, -0.05) is 35.9 Å². The molecule has 4 nitrogen and oxygen atoms in total. The summed E-state index contributed by atoms with van der Waals surface area (Å²) in [6.07, 6.45) is 5.62. The number of nitrogens with zero attached hydrogens (tertiary/aromatic N) is 3. The molecule has 1 aliphatic heterocycles. The summed E-state index contributed by atoms with van der Waals surface area (Å²) < 4.78 is 8.37. The molecule has 4 heteroatoms. The number of ether oxygens (including phenoxy) is 1. The maximum atomic E-state index is 9.19. The molecule has 1 aromatic heterocycles. The van der Waals surface area contributed by atoms with Crippen molar-refractivity contribution in [2.24, 2.45) is 0 Å². The fourth-order valence-electron chi connectivity index (χ4n) is 3.79. The Morgan fingerprint density at radius 1 is 1.23 bits per heavy atom. The van der Waals surface area contributed by atoms with Crippen LogP contribution in [0.2, 0.25) is 0 Å². The third-order valence-corrected chi connectivity index (χ3v) is 5.14. The van der Waals surface area contributed by atoms with E-state index in [1.165, 1.54) is 16.7 Å². The number of nitriles is 1. The molecular weight excluding hydrogens is 322 g/mol. The van der Waals surface area contributed by atoms with Crippen LogP contribution in [0.25, 0.3) is 0 Å².